The molecule has 51 heavy (non-hydrogen) atoms. The van der Waals surface area contributed by atoms with Crippen LogP contribution in [0, 0.1) is 0 Å². The second-order valence-electron chi connectivity index (χ2n) is 13.3. The first-order valence-electron chi connectivity index (χ1n) is 17.7. The van der Waals surface area contributed by atoms with Crippen LogP contribution < -0.4 is 4.90 Å². The predicted molar refractivity (Wildman–Crippen MR) is 213 cm³/mol. The van der Waals surface area contributed by atoms with E-state index < -0.39 is 0 Å². The summed E-state index contributed by atoms with van der Waals surface area (Å²) in [5, 5.41) is 3.53. The highest BCUT2D eigenvalue weighted by atomic mass is 16.3. The SMILES string of the molecule is C1=Cc2c(n(-c3ccc(-c4ccccc4)cc3)c3ccc(-c4ccc(N(c5ccccc5)c5cccc6c5oc5ccccc56)cc4)cc23)CC1. The van der Waals surface area contributed by atoms with Crippen molar-refractivity contribution in [3.05, 3.63) is 187 Å². The monoisotopic (exact) mass is 654 g/mol. The first-order chi connectivity index (χ1) is 25.3. The van der Waals surface area contributed by atoms with Crippen molar-refractivity contribution < 1.29 is 4.42 Å². The Kier molecular flexibility index (Phi) is 6.95. The molecule has 2 heterocycles. The van der Waals surface area contributed by atoms with E-state index in [1.165, 1.54) is 50.1 Å². The van der Waals surface area contributed by atoms with Crippen LogP contribution in [-0.4, -0.2) is 4.57 Å². The molecule has 0 amide bonds. The Morgan fingerprint density at radius 2 is 1.16 bits per heavy atom. The lowest BCUT2D eigenvalue weighted by molar-refractivity contribution is 0.669. The number of hydrogen-bond donors (Lipinski definition) is 0. The average Bonchev–Trinajstić information content (AvgIpc) is 3.75. The number of hydrogen-bond acceptors (Lipinski definition) is 2. The normalized spacial score (nSPS) is 12.5. The van der Waals surface area contributed by atoms with Gasteiger partial charge >= 0.3 is 0 Å². The molecule has 2 aromatic heterocycles. The zero-order valence-electron chi connectivity index (χ0n) is 28.0. The third-order valence-corrected chi connectivity index (χ3v) is 10.3. The highest BCUT2D eigenvalue weighted by Crippen LogP contribution is 2.43. The molecule has 1 aliphatic carbocycles. The minimum Gasteiger partial charge on any atom is -0.454 e. The van der Waals surface area contributed by atoms with Crippen LogP contribution in [0.25, 0.3) is 66.9 Å². The number of benzene rings is 7. The van der Waals surface area contributed by atoms with Crippen molar-refractivity contribution in [3.8, 4) is 27.9 Å². The third kappa shape index (κ3) is 4.97. The van der Waals surface area contributed by atoms with Crippen LogP contribution in [-0.2, 0) is 6.42 Å². The number of anilines is 3. The fraction of sp³-hybridized carbons (Fsp3) is 0.0417. The molecule has 0 aliphatic heterocycles. The van der Waals surface area contributed by atoms with Gasteiger partial charge in [0, 0.05) is 44.5 Å². The average molecular weight is 655 g/mol. The number of rotatable bonds is 6. The van der Waals surface area contributed by atoms with Gasteiger partial charge in [0.25, 0.3) is 0 Å². The Morgan fingerprint density at radius 3 is 1.98 bits per heavy atom. The number of fused-ring (bicyclic) bond motifs is 6. The maximum atomic E-state index is 6.50. The minimum atomic E-state index is 0.883. The van der Waals surface area contributed by atoms with Gasteiger partial charge in [0.2, 0.25) is 0 Å². The molecule has 0 spiro atoms. The molecule has 0 saturated heterocycles. The lowest BCUT2D eigenvalue weighted by Gasteiger charge is -2.25. The smallest absolute Gasteiger partial charge is 0.159 e. The lowest BCUT2D eigenvalue weighted by atomic mass is 9.98. The van der Waals surface area contributed by atoms with Gasteiger partial charge in [-0.25, -0.2) is 0 Å². The summed E-state index contributed by atoms with van der Waals surface area (Å²) in [5.41, 5.74) is 15.0. The molecule has 10 rings (SSSR count). The van der Waals surface area contributed by atoms with Gasteiger partial charge in [0.1, 0.15) is 5.58 Å². The van der Waals surface area contributed by atoms with Crippen LogP contribution in [0.2, 0.25) is 0 Å². The highest BCUT2D eigenvalue weighted by molar-refractivity contribution is 6.10. The Morgan fingerprint density at radius 1 is 0.510 bits per heavy atom. The topological polar surface area (TPSA) is 21.3 Å². The Labute approximate surface area is 296 Å². The van der Waals surface area contributed by atoms with E-state index >= 15 is 0 Å². The van der Waals surface area contributed by atoms with Crippen molar-refractivity contribution >= 4 is 56.0 Å². The number of para-hydroxylation sites is 3. The van der Waals surface area contributed by atoms with Crippen LogP contribution in [0.1, 0.15) is 17.7 Å². The number of nitrogens with zero attached hydrogens (tertiary/aromatic N) is 2. The molecular weight excluding hydrogens is 621 g/mol. The summed E-state index contributed by atoms with van der Waals surface area (Å²) >= 11 is 0. The van der Waals surface area contributed by atoms with Crippen molar-refractivity contribution in [2.24, 2.45) is 0 Å². The van der Waals surface area contributed by atoms with E-state index in [4.69, 9.17) is 4.42 Å². The molecule has 242 valence electrons. The van der Waals surface area contributed by atoms with Crippen molar-refractivity contribution in [2.45, 2.75) is 12.8 Å². The molecule has 0 bridgehead atoms. The van der Waals surface area contributed by atoms with E-state index in [2.05, 4.69) is 179 Å². The van der Waals surface area contributed by atoms with E-state index in [0.717, 1.165) is 51.8 Å². The summed E-state index contributed by atoms with van der Waals surface area (Å²) in [4.78, 5) is 2.29. The highest BCUT2D eigenvalue weighted by Gasteiger charge is 2.21. The van der Waals surface area contributed by atoms with Gasteiger partial charge in [-0.3, -0.25) is 0 Å². The Balaban J connectivity index is 1.05. The largest absolute Gasteiger partial charge is 0.454 e. The number of aromatic nitrogens is 1. The molecule has 0 saturated carbocycles. The summed E-state index contributed by atoms with van der Waals surface area (Å²) in [6, 6.07) is 60.7. The van der Waals surface area contributed by atoms with Gasteiger partial charge in [0.05, 0.1) is 11.2 Å². The first kappa shape index (κ1) is 29.3. The zero-order chi connectivity index (χ0) is 33.7. The van der Waals surface area contributed by atoms with E-state index in [0.29, 0.717) is 0 Å². The fourth-order valence-corrected chi connectivity index (χ4v) is 7.85. The van der Waals surface area contributed by atoms with Gasteiger partial charge in [0.15, 0.2) is 5.58 Å². The molecule has 1 aliphatic rings. The van der Waals surface area contributed by atoms with Crippen LogP contribution in [0.4, 0.5) is 17.1 Å². The van der Waals surface area contributed by atoms with Crippen molar-refractivity contribution in [1.82, 2.24) is 4.57 Å². The van der Waals surface area contributed by atoms with Gasteiger partial charge in [-0.1, -0.05) is 121 Å². The predicted octanol–water partition coefficient (Wildman–Crippen LogP) is 13.3. The summed E-state index contributed by atoms with van der Waals surface area (Å²) < 4.78 is 8.96. The molecule has 9 aromatic rings. The summed E-state index contributed by atoms with van der Waals surface area (Å²) in [6.07, 6.45) is 6.71. The zero-order valence-corrected chi connectivity index (χ0v) is 28.0. The fourth-order valence-electron chi connectivity index (χ4n) is 7.85. The lowest BCUT2D eigenvalue weighted by Crippen LogP contribution is -2.10. The first-order valence-corrected chi connectivity index (χ1v) is 17.7. The second-order valence-corrected chi connectivity index (χ2v) is 13.3. The second kappa shape index (κ2) is 12.1. The maximum absolute atomic E-state index is 6.50. The van der Waals surface area contributed by atoms with E-state index in [-0.39, 0.29) is 0 Å². The van der Waals surface area contributed by atoms with E-state index in [1.807, 2.05) is 12.1 Å². The van der Waals surface area contributed by atoms with Gasteiger partial charge in [-0.05, 0) is 95.8 Å². The summed E-state index contributed by atoms with van der Waals surface area (Å²) in [7, 11) is 0. The third-order valence-electron chi connectivity index (χ3n) is 10.3. The molecule has 0 atom stereocenters. The molecule has 0 radical (unpaired) electrons. The standard InChI is InChI=1S/C48H34N2O/c1-3-12-33(13-4-1)34-22-29-39(30-23-34)50-44-19-9-7-16-40(44)43-32-36(26-31-45(43)50)35-24-27-38(28-25-35)49(37-14-5-2-6-15-37)46-20-11-18-42-41-17-8-10-21-47(41)51-48(42)46/h1-8,10-18,20-32H,9,19H2. The van der Waals surface area contributed by atoms with Crippen molar-refractivity contribution in [2.75, 3.05) is 4.90 Å². The molecule has 3 nitrogen and oxygen atoms in total. The maximum Gasteiger partial charge on any atom is 0.159 e. The van der Waals surface area contributed by atoms with E-state index in [1.54, 1.807) is 0 Å². The molecular formula is C48H34N2O. The number of furan rings is 1. The molecule has 0 unspecified atom stereocenters. The Bertz CT molecular complexity index is 2720. The molecule has 7 aromatic carbocycles. The molecule has 3 heteroatoms. The van der Waals surface area contributed by atoms with Crippen LogP contribution >= 0.6 is 0 Å². The number of allylic oxidation sites excluding steroid dienone is 1. The quantitative estimate of drug-likeness (QED) is 0.178. The molecule has 0 N–H and O–H groups in total. The van der Waals surface area contributed by atoms with Gasteiger partial charge < -0.3 is 13.9 Å². The Hall–Kier alpha value is -6.58. The summed E-state index contributed by atoms with van der Waals surface area (Å²) in [6.45, 7) is 0. The van der Waals surface area contributed by atoms with Crippen LogP contribution in [0.15, 0.2) is 180 Å². The van der Waals surface area contributed by atoms with Crippen LogP contribution in [0.5, 0.6) is 0 Å². The van der Waals surface area contributed by atoms with Gasteiger partial charge in [-0.2, -0.15) is 0 Å². The van der Waals surface area contributed by atoms with Crippen molar-refractivity contribution in [3.63, 3.8) is 0 Å². The van der Waals surface area contributed by atoms with Crippen molar-refractivity contribution in [1.29, 1.82) is 0 Å². The van der Waals surface area contributed by atoms with Crippen LogP contribution in [0.3, 0.4) is 0 Å². The van der Waals surface area contributed by atoms with Gasteiger partial charge in [-0.15, -0.1) is 0 Å². The summed E-state index contributed by atoms with van der Waals surface area (Å²) in [5.74, 6) is 0. The molecule has 0 fully saturated rings. The van der Waals surface area contributed by atoms with E-state index in [9.17, 15) is 0 Å². The minimum absolute atomic E-state index is 0.883.